The summed E-state index contributed by atoms with van der Waals surface area (Å²) < 4.78 is 9.98. The van der Waals surface area contributed by atoms with E-state index in [4.69, 9.17) is 22.1 Å². The van der Waals surface area contributed by atoms with Gasteiger partial charge < -0.3 is 20.5 Å². The summed E-state index contributed by atoms with van der Waals surface area (Å²) in [7, 11) is 1.25. The van der Waals surface area contributed by atoms with Gasteiger partial charge in [-0.3, -0.25) is 9.59 Å². The molecule has 0 unspecified atom stereocenters. The molecule has 7 nitrogen and oxygen atoms in total. The number of amides is 2. The van der Waals surface area contributed by atoms with Crippen LogP contribution in [0.25, 0.3) is 0 Å². The summed E-state index contributed by atoms with van der Waals surface area (Å²) in [4.78, 5) is 35.1. The number of hydrogen-bond donors (Lipinski definition) is 2. The van der Waals surface area contributed by atoms with Crippen molar-refractivity contribution in [2.24, 2.45) is 5.73 Å². The Labute approximate surface area is 148 Å². The molecule has 0 saturated heterocycles. The van der Waals surface area contributed by atoms with Crippen molar-refractivity contribution in [1.82, 2.24) is 0 Å². The van der Waals surface area contributed by atoms with Crippen LogP contribution in [0.2, 0.25) is 5.02 Å². The first-order chi connectivity index (χ1) is 11.9. The Hall–Kier alpha value is -3.06. The molecule has 0 bridgehead atoms. The van der Waals surface area contributed by atoms with Gasteiger partial charge in [0.15, 0.2) is 6.61 Å². The van der Waals surface area contributed by atoms with E-state index in [-0.39, 0.29) is 22.6 Å². The number of carbonyl (C=O) groups is 3. The molecule has 0 aliphatic carbocycles. The van der Waals surface area contributed by atoms with Crippen LogP contribution in [0.3, 0.4) is 0 Å². The van der Waals surface area contributed by atoms with Gasteiger partial charge in [-0.1, -0.05) is 23.7 Å². The topological polar surface area (TPSA) is 108 Å². The lowest BCUT2D eigenvalue weighted by Gasteiger charge is -2.12. The summed E-state index contributed by atoms with van der Waals surface area (Å²) >= 11 is 5.81. The maximum absolute atomic E-state index is 12.1. The summed E-state index contributed by atoms with van der Waals surface area (Å²) in [6, 6.07) is 10.7. The van der Waals surface area contributed by atoms with Gasteiger partial charge >= 0.3 is 5.97 Å². The second-order valence-corrected chi connectivity index (χ2v) is 5.32. The van der Waals surface area contributed by atoms with E-state index in [1.54, 1.807) is 18.2 Å². The molecule has 0 atom stereocenters. The molecule has 0 aliphatic heterocycles. The molecule has 0 aromatic heterocycles. The Morgan fingerprint density at radius 3 is 2.52 bits per heavy atom. The van der Waals surface area contributed by atoms with Gasteiger partial charge in [0.2, 0.25) is 0 Å². The number of anilines is 1. The van der Waals surface area contributed by atoms with Crippen LogP contribution in [0.1, 0.15) is 20.7 Å². The van der Waals surface area contributed by atoms with Crippen molar-refractivity contribution in [3.63, 3.8) is 0 Å². The van der Waals surface area contributed by atoms with E-state index < -0.39 is 24.4 Å². The number of rotatable bonds is 6. The zero-order chi connectivity index (χ0) is 18.4. The van der Waals surface area contributed by atoms with Crippen molar-refractivity contribution in [2.75, 3.05) is 19.0 Å². The molecule has 2 amide bonds. The van der Waals surface area contributed by atoms with E-state index in [9.17, 15) is 14.4 Å². The number of ether oxygens (including phenoxy) is 2. The van der Waals surface area contributed by atoms with Crippen molar-refractivity contribution >= 4 is 35.1 Å². The van der Waals surface area contributed by atoms with Gasteiger partial charge in [0.1, 0.15) is 5.75 Å². The molecule has 2 aromatic carbocycles. The minimum Gasteiger partial charge on any atom is -0.483 e. The molecule has 3 N–H and O–H groups in total. The first kappa shape index (κ1) is 18.3. The Morgan fingerprint density at radius 1 is 1.12 bits per heavy atom. The van der Waals surface area contributed by atoms with Crippen LogP contribution in [-0.4, -0.2) is 31.5 Å². The Bertz CT molecular complexity index is 822. The Kier molecular flexibility index (Phi) is 5.97. The quantitative estimate of drug-likeness (QED) is 0.766. The van der Waals surface area contributed by atoms with Crippen LogP contribution in [0.5, 0.6) is 5.75 Å². The van der Waals surface area contributed by atoms with Crippen molar-refractivity contribution in [1.29, 1.82) is 0 Å². The number of esters is 1. The molecule has 8 heteroatoms. The Morgan fingerprint density at radius 2 is 1.84 bits per heavy atom. The number of nitrogens with one attached hydrogen (secondary N) is 1. The van der Waals surface area contributed by atoms with Gasteiger partial charge in [0.25, 0.3) is 11.8 Å². The van der Waals surface area contributed by atoms with Gasteiger partial charge in [0, 0.05) is 5.02 Å². The van der Waals surface area contributed by atoms with Crippen LogP contribution < -0.4 is 15.8 Å². The lowest BCUT2D eigenvalue weighted by atomic mass is 10.2. The highest BCUT2D eigenvalue weighted by Crippen LogP contribution is 2.22. The first-order valence-electron chi connectivity index (χ1n) is 7.11. The number of halogens is 1. The first-order valence-corrected chi connectivity index (χ1v) is 7.49. The molecule has 2 rings (SSSR count). The summed E-state index contributed by atoms with van der Waals surface area (Å²) in [6.45, 7) is -0.391. The van der Waals surface area contributed by atoms with Crippen LogP contribution in [0.4, 0.5) is 5.69 Å². The normalized spacial score (nSPS) is 10.0. The standard InChI is InChI=1S/C17H15ClN2O5/c1-24-17(23)11-4-2-3-5-13(11)20-15(21)9-25-14-7-6-10(18)8-12(14)16(19)22/h2-8H,9H2,1H3,(H2,19,22)(H,20,21). The zero-order valence-corrected chi connectivity index (χ0v) is 14.0. The van der Waals surface area contributed by atoms with Crippen molar-refractivity contribution in [3.05, 3.63) is 58.6 Å². The second kappa shape index (κ2) is 8.16. The highest BCUT2D eigenvalue weighted by atomic mass is 35.5. The third-order valence-electron chi connectivity index (χ3n) is 3.17. The third-order valence-corrected chi connectivity index (χ3v) is 3.41. The fraction of sp³-hybridized carbons (Fsp3) is 0.118. The molecule has 25 heavy (non-hydrogen) atoms. The predicted octanol–water partition coefficient (Wildman–Crippen LogP) is 2.24. The SMILES string of the molecule is COC(=O)c1ccccc1NC(=O)COc1ccc(Cl)cc1C(N)=O. The molecule has 0 spiro atoms. The van der Waals surface area contributed by atoms with E-state index in [0.29, 0.717) is 5.02 Å². The number of methoxy groups -OCH3 is 1. The fourth-order valence-electron chi connectivity index (χ4n) is 2.03. The van der Waals surface area contributed by atoms with Crippen LogP contribution in [0, 0.1) is 0 Å². The molecule has 0 heterocycles. The summed E-state index contributed by atoms with van der Waals surface area (Å²) in [6.07, 6.45) is 0. The minimum atomic E-state index is -0.728. The van der Waals surface area contributed by atoms with E-state index >= 15 is 0 Å². The van der Waals surface area contributed by atoms with Gasteiger partial charge in [-0.25, -0.2) is 4.79 Å². The molecular weight excluding hydrogens is 348 g/mol. The molecule has 0 fully saturated rings. The van der Waals surface area contributed by atoms with Crippen molar-refractivity contribution in [2.45, 2.75) is 0 Å². The zero-order valence-electron chi connectivity index (χ0n) is 13.2. The fourth-order valence-corrected chi connectivity index (χ4v) is 2.20. The number of benzene rings is 2. The predicted molar refractivity (Wildman–Crippen MR) is 91.9 cm³/mol. The van der Waals surface area contributed by atoms with Crippen LogP contribution in [-0.2, 0) is 9.53 Å². The molecular formula is C17H15ClN2O5. The minimum absolute atomic E-state index is 0.0651. The average molecular weight is 363 g/mol. The second-order valence-electron chi connectivity index (χ2n) is 4.88. The third kappa shape index (κ3) is 4.71. The molecule has 2 aromatic rings. The maximum Gasteiger partial charge on any atom is 0.339 e. The monoisotopic (exact) mass is 362 g/mol. The van der Waals surface area contributed by atoms with E-state index in [1.807, 2.05) is 0 Å². The Balaban J connectivity index is 2.08. The van der Waals surface area contributed by atoms with E-state index in [2.05, 4.69) is 10.1 Å². The molecule has 0 saturated carbocycles. The van der Waals surface area contributed by atoms with Crippen molar-refractivity contribution < 1.29 is 23.9 Å². The summed E-state index contributed by atoms with van der Waals surface area (Å²) in [5, 5.41) is 2.87. The number of carbonyl (C=O) groups excluding carboxylic acids is 3. The molecule has 0 aliphatic rings. The van der Waals surface area contributed by atoms with E-state index in [1.165, 1.54) is 31.4 Å². The van der Waals surface area contributed by atoms with Gasteiger partial charge in [0.05, 0.1) is 23.9 Å². The highest BCUT2D eigenvalue weighted by Gasteiger charge is 2.15. The lowest BCUT2D eigenvalue weighted by molar-refractivity contribution is -0.118. The van der Waals surface area contributed by atoms with E-state index in [0.717, 1.165) is 0 Å². The number of para-hydroxylation sites is 1. The average Bonchev–Trinajstić information content (AvgIpc) is 2.60. The molecule has 0 radical (unpaired) electrons. The maximum atomic E-state index is 12.1. The highest BCUT2D eigenvalue weighted by molar-refractivity contribution is 6.31. The lowest BCUT2D eigenvalue weighted by Crippen LogP contribution is -2.23. The smallest absolute Gasteiger partial charge is 0.339 e. The van der Waals surface area contributed by atoms with Crippen LogP contribution >= 0.6 is 11.6 Å². The van der Waals surface area contributed by atoms with Gasteiger partial charge in [-0.15, -0.1) is 0 Å². The number of hydrogen-bond acceptors (Lipinski definition) is 5. The number of nitrogens with two attached hydrogens (primary N) is 1. The number of primary amides is 1. The van der Waals surface area contributed by atoms with Gasteiger partial charge in [-0.05, 0) is 30.3 Å². The van der Waals surface area contributed by atoms with Gasteiger partial charge in [-0.2, -0.15) is 0 Å². The van der Waals surface area contributed by atoms with Crippen LogP contribution in [0.15, 0.2) is 42.5 Å². The largest absolute Gasteiger partial charge is 0.483 e. The summed E-state index contributed by atoms with van der Waals surface area (Å²) in [5.41, 5.74) is 5.81. The molecule has 130 valence electrons. The summed E-state index contributed by atoms with van der Waals surface area (Å²) in [5.74, 6) is -1.70. The van der Waals surface area contributed by atoms with Crippen molar-refractivity contribution in [3.8, 4) is 5.75 Å².